The van der Waals surface area contributed by atoms with Crippen molar-refractivity contribution in [3.63, 3.8) is 0 Å². The van der Waals surface area contributed by atoms with Gasteiger partial charge in [0.2, 0.25) is 0 Å². The van der Waals surface area contributed by atoms with E-state index in [2.05, 4.69) is 4.98 Å². The van der Waals surface area contributed by atoms with Crippen LogP contribution in [-0.2, 0) is 4.74 Å². The van der Waals surface area contributed by atoms with Gasteiger partial charge in [-0.05, 0) is 35.4 Å². The summed E-state index contributed by atoms with van der Waals surface area (Å²) >= 11 is 0. The molecule has 0 saturated carbocycles. The molecule has 0 aliphatic rings. The Bertz CT molecular complexity index is 830. The Hall–Kier alpha value is -2.75. The lowest BCUT2D eigenvalue weighted by atomic mass is 9.98. The maximum absolute atomic E-state index is 14.2. The van der Waals surface area contributed by atoms with Crippen LogP contribution in [0.2, 0.25) is 0 Å². The summed E-state index contributed by atoms with van der Waals surface area (Å²) < 4.78 is 18.9. The average Bonchev–Trinajstić information content (AvgIpc) is 2.54. The topological polar surface area (TPSA) is 39.2 Å². The van der Waals surface area contributed by atoms with Gasteiger partial charge in [0, 0.05) is 11.6 Å². The normalized spacial score (nSPS) is 10.6. The van der Waals surface area contributed by atoms with Crippen molar-refractivity contribution in [1.29, 1.82) is 0 Å². The molecular weight excluding hydrogens is 269 g/mol. The van der Waals surface area contributed by atoms with Crippen molar-refractivity contribution in [2.45, 2.75) is 0 Å². The van der Waals surface area contributed by atoms with Gasteiger partial charge in [0.15, 0.2) is 0 Å². The van der Waals surface area contributed by atoms with Gasteiger partial charge in [-0.1, -0.05) is 24.3 Å². The zero-order valence-electron chi connectivity index (χ0n) is 11.3. The highest BCUT2D eigenvalue weighted by atomic mass is 19.1. The molecule has 0 radical (unpaired) electrons. The minimum atomic E-state index is -0.447. The van der Waals surface area contributed by atoms with Crippen LogP contribution in [-0.4, -0.2) is 18.1 Å². The lowest BCUT2D eigenvalue weighted by Gasteiger charge is -2.09. The highest BCUT2D eigenvalue weighted by Gasteiger charge is 2.14. The number of benzene rings is 2. The molecule has 0 bridgehead atoms. The molecule has 0 saturated heterocycles. The van der Waals surface area contributed by atoms with Crippen LogP contribution >= 0.6 is 0 Å². The summed E-state index contributed by atoms with van der Waals surface area (Å²) in [6.07, 6.45) is 1.55. The molecule has 1 aromatic heterocycles. The highest BCUT2D eigenvalue weighted by Crippen LogP contribution is 2.28. The van der Waals surface area contributed by atoms with E-state index in [0.29, 0.717) is 27.6 Å². The van der Waals surface area contributed by atoms with E-state index < -0.39 is 11.8 Å². The Morgan fingerprint density at radius 3 is 2.76 bits per heavy atom. The predicted octanol–water partition coefficient (Wildman–Crippen LogP) is 3.83. The van der Waals surface area contributed by atoms with E-state index in [4.69, 9.17) is 4.74 Å². The van der Waals surface area contributed by atoms with Crippen LogP contribution in [0.25, 0.3) is 22.0 Å². The van der Waals surface area contributed by atoms with Gasteiger partial charge in [0.25, 0.3) is 0 Å². The summed E-state index contributed by atoms with van der Waals surface area (Å²) in [6, 6.07) is 13.7. The third-order valence-corrected chi connectivity index (χ3v) is 3.30. The molecule has 3 rings (SSSR count). The van der Waals surface area contributed by atoms with E-state index in [1.165, 1.54) is 13.2 Å². The molecule has 0 amide bonds. The summed E-state index contributed by atoms with van der Waals surface area (Å²) in [5, 5.41) is 0.687. The number of ether oxygens (including phenoxy) is 1. The summed E-state index contributed by atoms with van der Waals surface area (Å²) in [6.45, 7) is 0. The first-order valence-corrected chi connectivity index (χ1v) is 6.42. The van der Waals surface area contributed by atoms with E-state index in [-0.39, 0.29) is 0 Å². The summed E-state index contributed by atoms with van der Waals surface area (Å²) in [5.41, 5.74) is 1.97. The second kappa shape index (κ2) is 5.32. The van der Waals surface area contributed by atoms with Gasteiger partial charge >= 0.3 is 5.97 Å². The van der Waals surface area contributed by atoms with Gasteiger partial charge in [0.05, 0.1) is 12.7 Å². The van der Waals surface area contributed by atoms with E-state index in [1.54, 1.807) is 42.6 Å². The first kappa shape index (κ1) is 13.2. The molecule has 1 heterocycles. The summed E-state index contributed by atoms with van der Waals surface area (Å²) in [7, 11) is 1.32. The molecule has 0 N–H and O–H groups in total. The number of pyridine rings is 1. The molecule has 0 unspecified atom stereocenters. The van der Waals surface area contributed by atoms with E-state index in [9.17, 15) is 9.18 Å². The first-order valence-electron chi connectivity index (χ1n) is 6.42. The molecule has 0 aliphatic heterocycles. The molecular formula is C17H12FNO2. The molecule has 21 heavy (non-hydrogen) atoms. The third kappa shape index (κ3) is 2.36. The number of halogens is 1. The Morgan fingerprint density at radius 2 is 1.95 bits per heavy atom. The van der Waals surface area contributed by atoms with Gasteiger partial charge in [-0.15, -0.1) is 0 Å². The van der Waals surface area contributed by atoms with Crippen molar-refractivity contribution in [2.24, 2.45) is 0 Å². The van der Waals surface area contributed by atoms with E-state index in [0.717, 1.165) is 0 Å². The molecule has 4 heteroatoms. The van der Waals surface area contributed by atoms with Crippen molar-refractivity contribution in [3.05, 3.63) is 66.1 Å². The zero-order valence-corrected chi connectivity index (χ0v) is 11.3. The van der Waals surface area contributed by atoms with E-state index in [1.807, 2.05) is 6.07 Å². The van der Waals surface area contributed by atoms with Crippen LogP contribution in [0.3, 0.4) is 0 Å². The van der Waals surface area contributed by atoms with Crippen molar-refractivity contribution in [2.75, 3.05) is 7.11 Å². The summed E-state index contributed by atoms with van der Waals surface area (Å²) in [4.78, 5) is 15.9. The second-order valence-electron chi connectivity index (χ2n) is 4.57. The van der Waals surface area contributed by atoms with Gasteiger partial charge in [-0.2, -0.15) is 0 Å². The molecule has 0 fully saturated rings. The van der Waals surface area contributed by atoms with Crippen LogP contribution in [0.1, 0.15) is 10.4 Å². The van der Waals surface area contributed by atoms with Crippen LogP contribution in [0, 0.1) is 5.82 Å². The number of nitrogens with zero attached hydrogens (tertiary/aromatic N) is 1. The van der Waals surface area contributed by atoms with Gasteiger partial charge in [-0.3, -0.25) is 4.98 Å². The number of fused-ring (bicyclic) bond motifs is 1. The van der Waals surface area contributed by atoms with Crippen LogP contribution in [0.5, 0.6) is 0 Å². The largest absolute Gasteiger partial charge is 0.465 e. The SMILES string of the molecule is COC(=O)c1ccccc1-c1cc(F)c2ncccc2c1. The van der Waals surface area contributed by atoms with Gasteiger partial charge in [0.1, 0.15) is 11.3 Å². The number of carbonyl (C=O) groups is 1. The Kier molecular flexibility index (Phi) is 3.36. The lowest BCUT2D eigenvalue weighted by molar-refractivity contribution is 0.0601. The third-order valence-electron chi connectivity index (χ3n) is 3.30. The summed E-state index contributed by atoms with van der Waals surface area (Å²) in [5.74, 6) is -0.861. The molecule has 0 atom stereocenters. The number of aromatic nitrogens is 1. The monoisotopic (exact) mass is 281 g/mol. The number of hydrogen-bond donors (Lipinski definition) is 0. The Balaban J connectivity index is 2.24. The van der Waals surface area contributed by atoms with Crippen LogP contribution in [0.15, 0.2) is 54.7 Å². The lowest BCUT2D eigenvalue weighted by Crippen LogP contribution is -2.03. The number of esters is 1. The van der Waals surface area contributed by atoms with Crippen LogP contribution in [0.4, 0.5) is 4.39 Å². The van der Waals surface area contributed by atoms with Crippen molar-refractivity contribution in [1.82, 2.24) is 4.98 Å². The standard InChI is InChI=1S/C17H12FNO2/c1-21-17(20)14-7-3-2-6-13(14)12-9-11-5-4-8-19-16(11)15(18)10-12/h2-10H,1H3. The smallest absolute Gasteiger partial charge is 0.338 e. The molecule has 3 nitrogen and oxygen atoms in total. The minimum absolute atomic E-state index is 0.316. The molecule has 0 spiro atoms. The fourth-order valence-electron chi connectivity index (χ4n) is 2.33. The quantitative estimate of drug-likeness (QED) is 0.670. The second-order valence-corrected chi connectivity index (χ2v) is 4.57. The molecule has 2 aromatic carbocycles. The number of rotatable bonds is 2. The van der Waals surface area contributed by atoms with E-state index >= 15 is 0 Å². The molecule has 3 aromatic rings. The number of carbonyl (C=O) groups excluding carboxylic acids is 1. The van der Waals surface area contributed by atoms with Gasteiger partial charge < -0.3 is 4.74 Å². The fraction of sp³-hybridized carbons (Fsp3) is 0.0588. The minimum Gasteiger partial charge on any atom is -0.465 e. The molecule has 104 valence electrons. The molecule has 0 aliphatic carbocycles. The fourth-order valence-corrected chi connectivity index (χ4v) is 2.33. The average molecular weight is 281 g/mol. The Labute approximate surface area is 121 Å². The van der Waals surface area contributed by atoms with Crippen molar-refractivity contribution in [3.8, 4) is 11.1 Å². The maximum Gasteiger partial charge on any atom is 0.338 e. The maximum atomic E-state index is 14.2. The first-order chi connectivity index (χ1) is 10.2. The highest BCUT2D eigenvalue weighted by molar-refractivity contribution is 5.98. The van der Waals surface area contributed by atoms with Crippen LogP contribution < -0.4 is 0 Å². The van der Waals surface area contributed by atoms with Crippen molar-refractivity contribution >= 4 is 16.9 Å². The van der Waals surface area contributed by atoms with Crippen molar-refractivity contribution < 1.29 is 13.9 Å². The number of hydrogen-bond acceptors (Lipinski definition) is 3. The number of methoxy groups -OCH3 is 1. The predicted molar refractivity (Wildman–Crippen MR) is 78.5 cm³/mol. The Morgan fingerprint density at radius 1 is 1.14 bits per heavy atom. The van der Waals surface area contributed by atoms with Gasteiger partial charge in [-0.25, -0.2) is 9.18 Å². The zero-order chi connectivity index (χ0) is 14.8.